The molecule has 0 aliphatic carbocycles. The van der Waals surface area contributed by atoms with Crippen molar-refractivity contribution in [2.24, 2.45) is 0 Å². The number of hydrogen-bond donors (Lipinski definition) is 1. The Morgan fingerprint density at radius 3 is 1.53 bits per heavy atom. The summed E-state index contributed by atoms with van der Waals surface area (Å²) in [5.41, 5.74) is 0. The zero-order chi connectivity index (χ0) is 13.2. The molecule has 0 aromatic heterocycles. The Bertz CT molecular complexity index is 209. The summed E-state index contributed by atoms with van der Waals surface area (Å²) >= 11 is 3.68. The number of carboxylic acids is 1. The number of alkyl halides is 1. The molecule has 0 heterocycles. The van der Waals surface area contributed by atoms with E-state index in [0.717, 1.165) is 0 Å². The van der Waals surface area contributed by atoms with E-state index in [-0.39, 0.29) is 12.8 Å². The second kappa shape index (κ2) is 11.9. The molecule has 0 aliphatic heterocycles. The van der Waals surface area contributed by atoms with Gasteiger partial charge in [-0.3, -0.25) is 0 Å². The molecule has 0 spiro atoms. The number of carbonyl (C=O) groups is 2. The first kappa shape index (κ1) is 21.6. The Balaban J connectivity index is -0.000000218. The molecule has 17 heavy (non-hydrogen) atoms. The monoisotopic (exact) mass is 313 g/mol. The number of carboxylic acid groups (broad SMARTS) is 1. The minimum absolute atomic E-state index is 0. The molecule has 0 aromatic rings. The molecule has 0 amide bonds. The molecule has 5 nitrogen and oxygen atoms in total. The number of rotatable bonds is 4. The van der Waals surface area contributed by atoms with Gasteiger partial charge in [-0.1, -0.05) is 36.7 Å². The van der Waals surface area contributed by atoms with Gasteiger partial charge in [0.15, 0.2) is 5.97 Å². The van der Waals surface area contributed by atoms with Crippen LogP contribution < -0.4 is 11.3 Å². The average Bonchev–Trinajstić information content (AvgIpc) is 2.29. The van der Waals surface area contributed by atoms with Gasteiger partial charge in [-0.2, -0.15) is 0 Å². The maximum absolute atomic E-state index is 9.86. The third kappa shape index (κ3) is 11.6. The first-order valence-electron chi connectivity index (χ1n) is 5.43. The van der Waals surface area contributed by atoms with Crippen LogP contribution in [0.25, 0.3) is 0 Å². The van der Waals surface area contributed by atoms with Gasteiger partial charge in [-0.05, 0) is 26.2 Å². The standard InChI is InChI=1S/C7H15Br.C4H6O4.H3N/c1-4-7(8,5-2)6-3;1-2-8-4(7)3(5)6;/h4-6H2,1-3H3;2H2,1H3,(H,5,6);1H3. The molecule has 0 atom stereocenters. The normalized spacial score (nSPS) is 9.47. The van der Waals surface area contributed by atoms with Crippen LogP contribution in [0, 0.1) is 0 Å². The summed E-state index contributed by atoms with van der Waals surface area (Å²) in [6.45, 7) is 8.25. The molecule has 0 saturated carbocycles. The van der Waals surface area contributed by atoms with Gasteiger partial charge in [-0.25, -0.2) is 4.79 Å². The Kier molecular flexibility index (Phi) is 15.1. The second-order valence-electron chi connectivity index (χ2n) is 3.22. The largest absolute Gasteiger partial charge is 0.539 e. The van der Waals surface area contributed by atoms with Gasteiger partial charge in [0.05, 0.1) is 6.61 Å². The number of carbonyl (C=O) groups excluding carboxylic acids is 2. The van der Waals surface area contributed by atoms with Crippen LogP contribution in [0.15, 0.2) is 0 Å². The maximum Gasteiger partial charge on any atom is 0.354 e. The Labute approximate surface area is 112 Å². The van der Waals surface area contributed by atoms with Crippen LogP contribution in [-0.2, 0) is 14.3 Å². The predicted molar refractivity (Wildman–Crippen MR) is 70.2 cm³/mol. The van der Waals surface area contributed by atoms with Crippen molar-refractivity contribution in [1.29, 1.82) is 0 Å². The van der Waals surface area contributed by atoms with Crippen molar-refractivity contribution < 1.29 is 19.4 Å². The van der Waals surface area contributed by atoms with Crippen molar-refractivity contribution in [2.45, 2.75) is 51.3 Å². The quantitative estimate of drug-likeness (QED) is 0.487. The molecule has 0 bridgehead atoms. The molecule has 104 valence electrons. The summed E-state index contributed by atoms with van der Waals surface area (Å²) < 4.78 is 4.44. The molecule has 0 unspecified atom stereocenters. The van der Waals surface area contributed by atoms with E-state index in [1.165, 1.54) is 26.2 Å². The number of aliphatic carboxylic acids is 1. The highest BCUT2D eigenvalue weighted by Crippen LogP contribution is 2.29. The smallest absolute Gasteiger partial charge is 0.354 e. The van der Waals surface area contributed by atoms with Crippen molar-refractivity contribution in [3.8, 4) is 0 Å². The summed E-state index contributed by atoms with van der Waals surface area (Å²) in [5.74, 6) is -3.11. The zero-order valence-corrected chi connectivity index (χ0v) is 12.9. The molecule has 0 aliphatic rings. The lowest BCUT2D eigenvalue weighted by Gasteiger charge is -2.21. The van der Waals surface area contributed by atoms with Crippen molar-refractivity contribution in [3.05, 3.63) is 0 Å². The molecular formula is C11H24BrNO4. The van der Waals surface area contributed by atoms with Gasteiger partial charge in [-0.15, -0.1) is 0 Å². The van der Waals surface area contributed by atoms with Crippen LogP contribution in [0.2, 0.25) is 0 Å². The zero-order valence-electron chi connectivity index (χ0n) is 11.3. The number of halogens is 1. The van der Waals surface area contributed by atoms with Crippen molar-refractivity contribution in [2.75, 3.05) is 6.61 Å². The Morgan fingerprint density at radius 2 is 1.47 bits per heavy atom. The number of quaternary nitrogens is 1. The number of hydrogen-bond acceptors (Lipinski definition) is 4. The average molecular weight is 314 g/mol. The minimum Gasteiger partial charge on any atom is -0.539 e. The van der Waals surface area contributed by atoms with Gasteiger partial charge < -0.3 is 20.8 Å². The Morgan fingerprint density at radius 1 is 1.12 bits per heavy atom. The van der Waals surface area contributed by atoms with E-state index < -0.39 is 11.9 Å². The SMILES string of the molecule is CCC(Br)(CC)CC.CCOC(=O)C(=O)[O-].[NH4+]. The molecule has 4 N–H and O–H groups in total. The summed E-state index contributed by atoms with van der Waals surface area (Å²) in [5, 5.41) is 9.50. The van der Waals surface area contributed by atoms with E-state index in [0.29, 0.717) is 4.32 Å². The molecule has 0 radical (unpaired) electrons. The van der Waals surface area contributed by atoms with E-state index >= 15 is 0 Å². The van der Waals surface area contributed by atoms with Crippen LogP contribution in [0.3, 0.4) is 0 Å². The van der Waals surface area contributed by atoms with Crippen LogP contribution in [0.5, 0.6) is 0 Å². The van der Waals surface area contributed by atoms with Gasteiger partial charge in [0.2, 0.25) is 0 Å². The first-order valence-corrected chi connectivity index (χ1v) is 6.23. The van der Waals surface area contributed by atoms with E-state index in [4.69, 9.17) is 0 Å². The molecule has 0 aromatic carbocycles. The van der Waals surface area contributed by atoms with Gasteiger partial charge in [0.1, 0.15) is 0 Å². The highest BCUT2D eigenvalue weighted by atomic mass is 79.9. The highest BCUT2D eigenvalue weighted by molar-refractivity contribution is 9.10. The van der Waals surface area contributed by atoms with E-state index in [2.05, 4.69) is 41.4 Å². The van der Waals surface area contributed by atoms with E-state index in [9.17, 15) is 14.7 Å². The topological polar surface area (TPSA) is 103 Å². The van der Waals surface area contributed by atoms with Crippen molar-refractivity contribution >= 4 is 27.9 Å². The number of ether oxygens (including phenoxy) is 1. The van der Waals surface area contributed by atoms with Crippen molar-refractivity contribution in [1.82, 2.24) is 6.15 Å². The Hall–Kier alpha value is -0.620. The van der Waals surface area contributed by atoms with Crippen LogP contribution in [0.4, 0.5) is 0 Å². The minimum atomic E-state index is -1.80. The molecule has 0 saturated heterocycles. The summed E-state index contributed by atoms with van der Waals surface area (Å²) in [6.07, 6.45) is 3.71. The van der Waals surface area contributed by atoms with E-state index in [1.54, 1.807) is 0 Å². The lowest BCUT2D eigenvalue weighted by atomic mass is 10.0. The van der Waals surface area contributed by atoms with Crippen LogP contribution in [0.1, 0.15) is 47.0 Å². The summed E-state index contributed by atoms with van der Waals surface area (Å²) in [7, 11) is 0. The third-order valence-electron chi connectivity index (χ3n) is 2.34. The fraction of sp³-hybridized carbons (Fsp3) is 0.818. The number of esters is 1. The molecule has 6 heteroatoms. The van der Waals surface area contributed by atoms with Gasteiger partial charge in [0.25, 0.3) is 0 Å². The summed E-state index contributed by atoms with van der Waals surface area (Å²) in [6, 6.07) is 0. The van der Waals surface area contributed by atoms with E-state index in [1.807, 2.05) is 0 Å². The predicted octanol–water partition coefficient (Wildman–Crippen LogP) is 2.03. The molecular weight excluding hydrogens is 290 g/mol. The van der Waals surface area contributed by atoms with Crippen LogP contribution in [-0.4, -0.2) is 22.9 Å². The maximum atomic E-state index is 9.86. The lowest BCUT2D eigenvalue weighted by Crippen LogP contribution is -2.33. The van der Waals surface area contributed by atoms with Gasteiger partial charge in [0, 0.05) is 4.32 Å². The van der Waals surface area contributed by atoms with Crippen LogP contribution >= 0.6 is 15.9 Å². The first-order chi connectivity index (χ1) is 7.36. The third-order valence-corrected chi connectivity index (χ3v) is 4.03. The fourth-order valence-electron chi connectivity index (χ4n) is 0.940. The lowest BCUT2D eigenvalue weighted by molar-refractivity contribution is -0.303. The highest BCUT2D eigenvalue weighted by Gasteiger charge is 2.17. The fourth-order valence-corrected chi connectivity index (χ4v) is 0.940. The molecule has 0 fully saturated rings. The second-order valence-corrected chi connectivity index (χ2v) is 4.90. The summed E-state index contributed by atoms with van der Waals surface area (Å²) in [4.78, 5) is 19.4. The molecule has 0 rings (SSSR count). The van der Waals surface area contributed by atoms with Gasteiger partial charge >= 0.3 is 5.97 Å². The van der Waals surface area contributed by atoms with Crippen molar-refractivity contribution in [3.63, 3.8) is 0 Å².